The first kappa shape index (κ1) is 10.9. The zero-order valence-electron chi connectivity index (χ0n) is 8.19. The van der Waals surface area contributed by atoms with Crippen molar-refractivity contribution in [3.8, 4) is 0 Å². The minimum Gasteiger partial charge on any atom is -0.375 e. The van der Waals surface area contributed by atoms with Gasteiger partial charge in [-0.3, -0.25) is 0 Å². The maximum Gasteiger partial charge on any atom is 0.156 e. The predicted molar refractivity (Wildman–Crippen MR) is 49.3 cm³/mol. The van der Waals surface area contributed by atoms with E-state index >= 15 is 0 Å². The van der Waals surface area contributed by atoms with E-state index in [1.54, 1.807) is 0 Å². The highest BCUT2D eigenvalue weighted by Crippen LogP contribution is 2.24. The molecule has 2 atom stereocenters. The smallest absolute Gasteiger partial charge is 0.156 e. The van der Waals surface area contributed by atoms with Crippen LogP contribution in [0.1, 0.15) is 28.1 Å². The predicted octanol–water partition coefficient (Wildman–Crippen LogP) is 0.517. The van der Waals surface area contributed by atoms with Gasteiger partial charge in [0.1, 0.15) is 6.10 Å². The maximum atomic E-state index is 8.08. The molecule has 0 radical (unpaired) electrons. The molecule has 0 aromatic heterocycles. The third-order valence-electron chi connectivity index (χ3n) is 1.74. The summed E-state index contributed by atoms with van der Waals surface area (Å²) in [5, 5.41) is 16.2. The fourth-order valence-electron chi connectivity index (χ4n) is 1.17. The van der Waals surface area contributed by atoms with Gasteiger partial charge in [0, 0.05) is 8.03 Å². The minimum absolute atomic E-state index is 0. The van der Waals surface area contributed by atoms with Crippen molar-refractivity contribution in [2.45, 2.75) is 44.7 Å². The molecule has 13 heavy (non-hydrogen) atoms. The van der Waals surface area contributed by atoms with E-state index < -0.39 is 5.79 Å². The number of aliphatic hydroxyl groups is 2. The summed E-state index contributed by atoms with van der Waals surface area (Å²) >= 11 is 0. The molecule has 2 aliphatic rings. The first-order valence-electron chi connectivity index (χ1n) is 4.65. The molecule has 2 aliphatic heterocycles. The average molecular weight is 192 g/mol. The molecule has 2 rings (SSSR count). The molecule has 80 valence electrons. The number of hydrogen-bond acceptors (Lipinski definition) is 4. The van der Waals surface area contributed by atoms with Crippen molar-refractivity contribution >= 4 is 0 Å². The van der Waals surface area contributed by atoms with Crippen LogP contribution in [0, 0.1) is 0 Å². The molecule has 2 saturated heterocycles. The van der Waals surface area contributed by atoms with Gasteiger partial charge in [0.25, 0.3) is 0 Å². The van der Waals surface area contributed by atoms with Crippen molar-refractivity contribution in [3.05, 3.63) is 0 Å². The largest absolute Gasteiger partial charge is 0.375 e. The highest BCUT2D eigenvalue weighted by atomic mass is 16.6. The van der Waals surface area contributed by atoms with Crippen molar-refractivity contribution < 1.29 is 21.1 Å². The van der Waals surface area contributed by atoms with Crippen molar-refractivity contribution in [1.29, 1.82) is 0 Å². The van der Waals surface area contributed by atoms with Gasteiger partial charge >= 0.3 is 0 Å². The molecule has 4 nitrogen and oxygen atoms in total. The number of hydrogen-bond donors (Lipinski definition) is 2. The summed E-state index contributed by atoms with van der Waals surface area (Å²) in [5.74, 6) is -1.50. The lowest BCUT2D eigenvalue weighted by Gasteiger charge is -2.03. The van der Waals surface area contributed by atoms with Crippen LogP contribution in [0.4, 0.5) is 0 Å². The second-order valence-electron chi connectivity index (χ2n) is 3.92. The SMILES string of the molecule is C1COC([C@@H]2CO2)C1.CC(C)(O)O.[HH]. The van der Waals surface area contributed by atoms with E-state index in [1.165, 1.54) is 26.7 Å². The molecule has 2 fully saturated rings. The molecule has 0 aromatic carbocycles. The first-order chi connectivity index (χ1) is 5.97. The molecule has 1 unspecified atom stereocenters. The van der Waals surface area contributed by atoms with E-state index in [9.17, 15) is 0 Å². The van der Waals surface area contributed by atoms with E-state index in [0.29, 0.717) is 12.2 Å². The maximum absolute atomic E-state index is 8.08. The summed E-state index contributed by atoms with van der Waals surface area (Å²) < 4.78 is 10.4. The van der Waals surface area contributed by atoms with Crippen LogP contribution < -0.4 is 0 Å². The van der Waals surface area contributed by atoms with E-state index in [0.717, 1.165) is 13.2 Å². The van der Waals surface area contributed by atoms with Crippen molar-refractivity contribution in [3.63, 3.8) is 0 Å². The van der Waals surface area contributed by atoms with E-state index in [4.69, 9.17) is 19.7 Å². The number of rotatable bonds is 1. The summed E-state index contributed by atoms with van der Waals surface area (Å²) in [6.07, 6.45) is 3.36. The molecule has 0 bridgehead atoms. The van der Waals surface area contributed by atoms with Gasteiger partial charge in [-0.05, 0) is 26.7 Å². The molecule has 0 spiro atoms. The Morgan fingerprint density at radius 1 is 1.23 bits per heavy atom. The molecule has 2 heterocycles. The molecule has 2 N–H and O–H groups in total. The second kappa shape index (κ2) is 4.37. The fraction of sp³-hybridized carbons (Fsp3) is 1.00. The third-order valence-corrected chi connectivity index (χ3v) is 1.74. The van der Waals surface area contributed by atoms with Gasteiger partial charge in [0.05, 0.1) is 12.7 Å². The normalized spacial score (nSPS) is 32.3. The Morgan fingerprint density at radius 3 is 2.08 bits per heavy atom. The summed E-state index contributed by atoms with van der Waals surface area (Å²) in [7, 11) is 0. The summed E-state index contributed by atoms with van der Waals surface area (Å²) in [4.78, 5) is 0. The first-order valence-corrected chi connectivity index (χ1v) is 4.65. The Kier molecular flexibility index (Phi) is 3.67. The zero-order valence-corrected chi connectivity index (χ0v) is 8.19. The topological polar surface area (TPSA) is 62.2 Å². The molecule has 0 saturated carbocycles. The molecular weight excluding hydrogens is 172 g/mol. The van der Waals surface area contributed by atoms with Gasteiger partial charge in [-0.1, -0.05) is 0 Å². The molecule has 0 aromatic rings. The van der Waals surface area contributed by atoms with Crippen LogP contribution >= 0.6 is 0 Å². The number of epoxide rings is 1. The quantitative estimate of drug-likeness (QED) is 0.469. The fourth-order valence-corrected chi connectivity index (χ4v) is 1.17. The standard InChI is InChI=1S/C6H10O2.C3H8O2.H2/c1-2-5(7-3-1)6-4-8-6;1-3(2,4)5;/h5-6H,1-4H2;4-5H,1-2H3;1H/t5?,6-;;/m0../s1. The highest BCUT2D eigenvalue weighted by molar-refractivity contribution is 4.82. The van der Waals surface area contributed by atoms with Crippen LogP contribution in [0.2, 0.25) is 0 Å². The van der Waals surface area contributed by atoms with Crippen molar-refractivity contribution in [2.75, 3.05) is 13.2 Å². The summed E-state index contributed by atoms with van der Waals surface area (Å²) in [6.45, 7) is 4.48. The monoisotopic (exact) mass is 192 g/mol. The third kappa shape index (κ3) is 5.99. The van der Waals surface area contributed by atoms with Gasteiger partial charge in [-0.25, -0.2) is 0 Å². The summed E-state index contributed by atoms with van der Waals surface area (Å²) in [5.41, 5.74) is 0. The van der Waals surface area contributed by atoms with Gasteiger partial charge in [0.2, 0.25) is 0 Å². The van der Waals surface area contributed by atoms with Crippen molar-refractivity contribution in [1.82, 2.24) is 0 Å². The Bertz CT molecular complexity index is 141. The van der Waals surface area contributed by atoms with Gasteiger partial charge < -0.3 is 19.7 Å². The number of ether oxygens (including phenoxy) is 2. The lowest BCUT2D eigenvalue weighted by atomic mass is 10.2. The zero-order chi connectivity index (χ0) is 9.90. The Morgan fingerprint density at radius 2 is 1.77 bits per heavy atom. The van der Waals surface area contributed by atoms with Gasteiger partial charge in [-0.2, -0.15) is 0 Å². The lowest BCUT2D eigenvalue weighted by molar-refractivity contribution is -0.127. The van der Waals surface area contributed by atoms with Crippen LogP contribution in [0.3, 0.4) is 0 Å². The van der Waals surface area contributed by atoms with E-state index in [1.807, 2.05) is 0 Å². The van der Waals surface area contributed by atoms with Crippen molar-refractivity contribution in [2.24, 2.45) is 0 Å². The molecular formula is C9H20O4. The Hall–Kier alpha value is -0.160. The van der Waals surface area contributed by atoms with E-state index in [2.05, 4.69) is 0 Å². The molecule has 0 aliphatic carbocycles. The van der Waals surface area contributed by atoms with Crippen LogP contribution in [0.25, 0.3) is 0 Å². The van der Waals surface area contributed by atoms with Crippen LogP contribution in [0.5, 0.6) is 0 Å². The highest BCUT2D eigenvalue weighted by Gasteiger charge is 2.35. The van der Waals surface area contributed by atoms with Crippen LogP contribution in [0.15, 0.2) is 0 Å². The average Bonchev–Trinajstić information content (AvgIpc) is 2.64. The lowest BCUT2D eigenvalue weighted by Crippen LogP contribution is -2.15. The Balaban J connectivity index is 0.000000253. The molecule has 0 amide bonds. The van der Waals surface area contributed by atoms with Gasteiger partial charge in [-0.15, -0.1) is 0 Å². The summed E-state index contributed by atoms with van der Waals surface area (Å²) in [6, 6.07) is 0. The second-order valence-corrected chi connectivity index (χ2v) is 3.92. The minimum atomic E-state index is -1.50. The molecule has 4 heteroatoms. The van der Waals surface area contributed by atoms with Gasteiger partial charge in [0.15, 0.2) is 5.79 Å². The van der Waals surface area contributed by atoms with E-state index in [-0.39, 0.29) is 1.43 Å². The van der Waals surface area contributed by atoms with Crippen LogP contribution in [-0.4, -0.2) is 41.4 Å². The van der Waals surface area contributed by atoms with Crippen LogP contribution in [-0.2, 0) is 9.47 Å². The Labute approximate surface area is 80.0 Å².